The van der Waals surface area contributed by atoms with Crippen molar-refractivity contribution in [3.05, 3.63) is 18.2 Å². The molecule has 0 radical (unpaired) electrons. The van der Waals surface area contributed by atoms with Crippen molar-refractivity contribution in [2.45, 2.75) is 25.3 Å². The monoisotopic (exact) mass is 211 g/mol. The molecule has 84 valence electrons. The molecule has 0 bridgehead atoms. The molecule has 1 heterocycles. The van der Waals surface area contributed by atoms with E-state index in [4.69, 9.17) is 5.73 Å². The Morgan fingerprint density at radius 3 is 3.00 bits per heavy atom. The quantitative estimate of drug-likeness (QED) is 0.708. The fraction of sp³-hybridized carbons (Fsp3) is 0.600. The first-order chi connectivity index (χ1) is 7.13. The third kappa shape index (κ3) is 3.71. The van der Waals surface area contributed by atoms with Gasteiger partial charge in [0.1, 0.15) is 5.82 Å². The first-order valence-electron chi connectivity index (χ1n) is 4.92. The number of carbonyl (C=O) groups is 1. The number of aryl methyl sites for hydroxylation is 1. The molecule has 0 saturated heterocycles. The molecule has 0 aliphatic carbocycles. The summed E-state index contributed by atoms with van der Waals surface area (Å²) >= 11 is 0. The minimum absolute atomic E-state index is 0.0507. The van der Waals surface area contributed by atoms with Gasteiger partial charge in [0.05, 0.1) is 7.11 Å². The van der Waals surface area contributed by atoms with E-state index in [0.29, 0.717) is 19.3 Å². The molecule has 0 aliphatic heterocycles. The van der Waals surface area contributed by atoms with E-state index in [0.717, 1.165) is 5.82 Å². The second kappa shape index (κ2) is 5.50. The zero-order valence-corrected chi connectivity index (χ0v) is 9.14. The topological polar surface area (TPSA) is 70.1 Å². The highest BCUT2D eigenvalue weighted by atomic mass is 16.5. The minimum atomic E-state index is -0.217. The Morgan fingerprint density at radius 1 is 1.73 bits per heavy atom. The highest BCUT2D eigenvalue weighted by molar-refractivity contribution is 5.69. The predicted octanol–water partition coefficient (Wildman–Crippen LogP) is 0.243. The molecule has 5 nitrogen and oxygen atoms in total. The molecule has 1 atom stereocenters. The van der Waals surface area contributed by atoms with Crippen molar-refractivity contribution in [3.8, 4) is 0 Å². The van der Waals surface area contributed by atoms with E-state index < -0.39 is 0 Å². The summed E-state index contributed by atoms with van der Waals surface area (Å²) in [5.41, 5.74) is 5.88. The summed E-state index contributed by atoms with van der Waals surface area (Å²) in [7, 11) is 3.31. The first-order valence-corrected chi connectivity index (χ1v) is 4.92. The van der Waals surface area contributed by atoms with Gasteiger partial charge in [0.2, 0.25) is 0 Å². The summed E-state index contributed by atoms with van der Waals surface area (Å²) in [6.07, 6.45) is 5.28. The number of nitrogens with two attached hydrogens (primary N) is 1. The molecule has 15 heavy (non-hydrogen) atoms. The van der Waals surface area contributed by atoms with Crippen molar-refractivity contribution < 1.29 is 9.53 Å². The Morgan fingerprint density at radius 2 is 2.47 bits per heavy atom. The zero-order chi connectivity index (χ0) is 11.3. The molecule has 1 aromatic rings. The second-order valence-corrected chi connectivity index (χ2v) is 3.53. The molecule has 1 aromatic heterocycles. The van der Waals surface area contributed by atoms with Gasteiger partial charge in [-0.15, -0.1) is 0 Å². The lowest BCUT2D eigenvalue weighted by atomic mass is 10.1. The van der Waals surface area contributed by atoms with Crippen molar-refractivity contribution in [2.24, 2.45) is 12.8 Å². The Bertz CT molecular complexity index is 322. The van der Waals surface area contributed by atoms with Gasteiger partial charge < -0.3 is 15.0 Å². The van der Waals surface area contributed by atoms with Crippen LogP contribution in [0.3, 0.4) is 0 Å². The molecular formula is C10H17N3O2. The van der Waals surface area contributed by atoms with Gasteiger partial charge in [0, 0.05) is 38.3 Å². The third-order valence-corrected chi connectivity index (χ3v) is 2.31. The van der Waals surface area contributed by atoms with Crippen LogP contribution in [0.2, 0.25) is 0 Å². The predicted molar refractivity (Wildman–Crippen MR) is 56.1 cm³/mol. The number of esters is 1. The van der Waals surface area contributed by atoms with E-state index in [1.807, 2.05) is 17.8 Å². The van der Waals surface area contributed by atoms with Gasteiger partial charge in [-0.2, -0.15) is 0 Å². The summed E-state index contributed by atoms with van der Waals surface area (Å²) < 4.78 is 6.47. The summed E-state index contributed by atoms with van der Waals surface area (Å²) in [6.45, 7) is 0. The molecule has 0 aromatic carbocycles. The molecule has 1 rings (SSSR count). The summed E-state index contributed by atoms with van der Waals surface area (Å²) in [5.74, 6) is 0.720. The average molecular weight is 211 g/mol. The van der Waals surface area contributed by atoms with Gasteiger partial charge in [0.15, 0.2) is 0 Å². The van der Waals surface area contributed by atoms with E-state index in [1.165, 1.54) is 7.11 Å². The summed E-state index contributed by atoms with van der Waals surface area (Å²) in [6, 6.07) is -0.0507. The minimum Gasteiger partial charge on any atom is -0.469 e. The van der Waals surface area contributed by atoms with Crippen LogP contribution in [0.4, 0.5) is 0 Å². The SMILES string of the molecule is COC(=O)CCC(N)Cc1nccn1C. The van der Waals surface area contributed by atoms with Crippen LogP contribution in [-0.2, 0) is 23.0 Å². The molecule has 1 unspecified atom stereocenters. The molecule has 0 spiro atoms. The Labute approximate surface area is 89.2 Å². The number of nitrogens with zero attached hydrogens (tertiary/aromatic N) is 2. The van der Waals surface area contributed by atoms with E-state index in [2.05, 4.69) is 9.72 Å². The van der Waals surface area contributed by atoms with Crippen LogP contribution in [-0.4, -0.2) is 28.7 Å². The zero-order valence-electron chi connectivity index (χ0n) is 9.14. The maximum atomic E-state index is 10.9. The molecular weight excluding hydrogens is 194 g/mol. The number of carbonyl (C=O) groups excluding carboxylic acids is 1. The van der Waals surface area contributed by atoms with Crippen LogP contribution in [0.5, 0.6) is 0 Å². The standard InChI is InChI=1S/C10H17N3O2/c1-13-6-5-12-9(13)7-8(11)3-4-10(14)15-2/h5-6,8H,3-4,7,11H2,1-2H3. The number of ether oxygens (including phenoxy) is 1. The summed E-state index contributed by atoms with van der Waals surface area (Å²) in [5, 5.41) is 0. The lowest BCUT2D eigenvalue weighted by molar-refractivity contribution is -0.140. The van der Waals surface area contributed by atoms with Crippen molar-refractivity contribution in [2.75, 3.05) is 7.11 Å². The van der Waals surface area contributed by atoms with E-state index >= 15 is 0 Å². The van der Waals surface area contributed by atoms with Crippen molar-refractivity contribution in [3.63, 3.8) is 0 Å². The van der Waals surface area contributed by atoms with Gasteiger partial charge in [0.25, 0.3) is 0 Å². The Kier molecular flexibility index (Phi) is 4.30. The first kappa shape index (κ1) is 11.7. The van der Waals surface area contributed by atoms with Crippen LogP contribution in [0, 0.1) is 0 Å². The molecule has 0 fully saturated rings. The lowest BCUT2D eigenvalue weighted by Crippen LogP contribution is -2.25. The van der Waals surface area contributed by atoms with Crippen LogP contribution >= 0.6 is 0 Å². The molecule has 0 amide bonds. The molecule has 5 heteroatoms. The van der Waals surface area contributed by atoms with Gasteiger partial charge >= 0.3 is 5.97 Å². The number of hydrogen-bond donors (Lipinski definition) is 1. The van der Waals surface area contributed by atoms with Gasteiger partial charge in [-0.3, -0.25) is 4.79 Å². The third-order valence-electron chi connectivity index (χ3n) is 2.31. The molecule has 0 saturated carbocycles. The number of methoxy groups -OCH3 is 1. The number of imidazole rings is 1. The largest absolute Gasteiger partial charge is 0.469 e. The van der Waals surface area contributed by atoms with Crippen LogP contribution in [0.1, 0.15) is 18.7 Å². The van der Waals surface area contributed by atoms with Crippen molar-refractivity contribution in [1.82, 2.24) is 9.55 Å². The fourth-order valence-electron chi connectivity index (χ4n) is 1.34. The number of rotatable bonds is 5. The lowest BCUT2D eigenvalue weighted by Gasteiger charge is -2.10. The molecule has 2 N–H and O–H groups in total. The number of aromatic nitrogens is 2. The fourth-order valence-corrected chi connectivity index (χ4v) is 1.34. The van der Waals surface area contributed by atoms with Gasteiger partial charge in [-0.1, -0.05) is 0 Å². The normalized spacial score (nSPS) is 12.5. The van der Waals surface area contributed by atoms with Crippen LogP contribution < -0.4 is 5.73 Å². The average Bonchev–Trinajstić information content (AvgIpc) is 2.61. The smallest absolute Gasteiger partial charge is 0.305 e. The highest BCUT2D eigenvalue weighted by Gasteiger charge is 2.10. The maximum absolute atomic E-state index is 10.9. The van der Waals surface area contributed by atoms with Crippen LogP contribution in [0.15, 0.2) is 12.4 Å². The second-order valence-electron chi connectivity index (χ2n) is 3.53. The van der Waals surface area contributed by atoms with E-state index in [9.17, 15) is 4.79 Å². The van der Waals surface area contributed by atoms with Crippen LogP contribution in [0.25, 0.3) is 0 Å². The van der Waals surface area contributed by atoms with Gasteiger partial charge in [-0.25, -0.2) is 4.98 Å². The number of hydrogen-bond acceptors (Lipinski definition) is 4. The van der Waals surface area contributed by atoms with E-state index in [-0.39, 0.29) is 12.0 Å². The Balaban J connectivity index is 2.33. The van der Waals surface area contributed by atoms with Gasteiger partial charge in [-0.05, 0) is 6.42 Å². The van der Waals surface area contributed by atoms with E-state index in [1.54, 1.807) is 6.20 Å². The van der Waals surface area contributed by atoms with Crippen molar-refractivity contribution >= 4 is 5.97 Å². The molecule has 0 aliphatic rings. The Hall–Kier alpha value is -1.36. The summed E-state index contributed by atoms with van der Waals surface area (Å²) in [4.78, 5) is 15.1. The maximum Gasteiger partial charge on any atom is 0.305 e. The van der Waals surface area contributed by atoms with Crippen molar-refractivity contribution in [1.29, 1.82) is 0 Å². The highest BCUT2D eigenvalue weighted by Crippen LogP contribution is 2.03.